The molecule has 0 aliphatic carbocycles. The standard InChI is InChI=1S/C11H13N3S/c1-7-5-6-15-11(7)14-10-4-3-9(12)8(2)13-10/h3-6H,12H2,1-2H3,(H,13,14). The molecule has 0 amide bonds. The maximum atomic E-state index is 5.70. The molecule has 0 spiro atoms. The molecule has 3 nitrogen and oxygen atoms in total. The molecule has 2 heterocycles. The first-order valence-electron chi connectivity index (χ1n) is 4.71. The predicted octanol–water partition coefficient (Wildman–Crippen LogP) is 3.09. The Balaban J connectivity index is 2.25. The van der Waals surface area contributed by atoms with Crippen LogP contribution in [0.4, 0.5) is 16.5 Å². The third-order valence-corrected chi connectivity index (χ3v) is 3.16. The molecule has 0 saturated carbocycles. The van der Waals surface area contributed by atoms with Crippen LogP contribution in [-0.4, -0.2) is 4.98 Å². The van der Waals surface area contributed by atoms with Gasteiger partial charge in [-0.1, -0.05) is 0 Å². The number of hydrogen-bond acceptors (Lipinski definition) is 4. The van der Waals surface area contributed by atoms with Crippen molar-refractivity contribution in [3.05, 3.63) is 34.8 Å². The van der Waals surface area contributed by atoms with Crippen molar-refractivity contribution in [2.45, 2.75) is 13.8 Å². The SMILES string of the molecule is Cc1ccsc1Nc1ccc(N)c(C)n1. The molecule has 0 aliphatic rings. The Hall–Kier alpha value is -1.55. The van der Waals surface area contributed by atoms with Crippen molar-refractivity contribution in [1.82, 2.24) is 4.98 Å². The van der Waals surface area contributed by atoms with E-state index in [9.17, 15) is 0 Å². The van der Waals surface area contributed by atoms with Crippen molar-refractivity contribution < 1.29 is 0 Å². The van der Waals surface area contributed by atoms with E-state index in [2.05, 4.69) is 28.7 Å². The van der Waals surface area contributed by atoms with Crippen molar-refractivity contribution in [3.63, 3.8) is 0 Å². The lowest BCUT2D eigenvalue weighted by Gasteiger charge is -2.06. The van der Waals surface area contributed by atoms with Gasteiger partial charge in [0.1, 0.15) is 5.82 Å². The van der Waals surface area contributed by atoms with Gasteiger partial charge >= 0.3 is 0 Å². The Morgan fingerprint density at radius 3 is 2.67 bits per heavy atom. The minimum atomic E-state index is 0.725. The Labute approximate surface area is 93.0 Å². The zero-order chi connectivity index (χ0) is 10.8. The van der Waals surface area contributed by atoms with Gasteiger partial charge in [-0.05, 0) is 43.0 Å². The van der Waals surface area contributed by atoms with Gasteiger partial charge in [-0.15, -0.1) is 11.3 Å². The summed E-state index contributed by atoms with van der Waals surface area (Å²) in [7, 11) is 0. The Morgan fingerprint density at radius 1 is 1.27 bits per heavy atom. The summed E-state index contributed by atoms with van der Waals surface area (Å²) < 4.78 is 0. The number of anilines is 3. The van der Waals surface area contributed by atoms with Gasteiger partial charge < -0.3 is 11.1 Å². The minimum Gasteiger partial charge on any atom is -0.397 e. The van der Waals surface area contributed by atoms with E-state index in [-0.39, 0.29) is 0 Å². The van der Waals surface area contributed by atoms with E-state index in [1.807, 2.05) is 19.1 Å². The first kappa shape index (κ1) is 9.98. The fourth-order valence-electron chi connectivity index (χ4n) is 1.26. The van der Waals surface area contributed by atoms with Crippen LogP contribution in [0.25, 0.3) is 0 Å². The molecule has 78 valence electrons. The maximum absolute atomic E-state index is 5.70. The van der Waals surface area contributed by atoms with Gasteiger partial charge in [0.15, 0.2) is 0 Å². The molecule has 0 aromatic carbocycles. The molecule has 2 aromatic rings. The van der Waals surface area contributed by atoms with Crippen LogP contribution in [-0.2, 0) is 0 Å². The summed E-state index contributed by atoms with van der Waals surface area (Å²) in [5, 5.41) is 6.46. The maximum Gasteiger partial charge on any atom is 0.131 e. The highest BCUT2D eigenvalue weighted by Crippen LogP contribution is 2.25. The lowest BCUT2D eigenvalue weighted by Crippen LogP contribution is -1.97. The number of nitrogens with one attached hydrogen (secondary N) is 1. The third kappa shape index (κ3) is 2.10. The topological polar surface area (TPSA) is 50.9 Å². The van der Waals surface area contributed by atoms with Crippen LogP contribution in [0.15, 0.2) is 23.6 Å². The molecule has 2 rings (SSSR count). The van der Waals surface area contributed by atoms with Gasteiger partial charge in [-0.2, -0.15) is 0 Å². The fourth-order valence-corrected chi connectivity index (χ4v) is 2.08. The smallest absolute Gasteiger partial charge is 0.131 e. The van der Waals surface area contributed by atoms with E-state index in [0.717, 1.165) is 22.2 Å². The number of thiophene rings is 1. The zero-order valence-electron chi connectivity index (χ0n) is 8.74. The van der Waals surface area contributed by atoms with Crippen LogP contribution in [0.3, 0.4) is 0 Å². The normalized spacial score (nSPS) is 10.3. The Bertz CT molecular complexity index is 476. The molecule has 0 aliphatic heterocycles. The largest absolute Gasteiger partial charge is 0.397 e. The number of nitrogens with zero attached hydrogens (tertiary/aromatic N) is 1. The third-order valence-electron chi connectivity index (χ3n) is 2.23. The highest BCUT2D eigenvalue weighted by Gasteiger charge is 2.02. The first-order chi connectivity index (χ1) is 7.16. The fraction of sp³-hybridized carbons (Fsp3) is 0.182. The molecule has 0 saturated heterocycles. The Morgan fingerprint density at radius 2 is 2.07 bits per heavy atom. The van der Waals surface area contributed by atoms with Gasteiger partial charge in [-0.25, -0.2) is 4.98 Å². The lowest BCUT2D eigenvalue weighted by molar-refractivity contribution is 1.20. The van der Waals surface area contributed by atoms with Gasteiger partial charge in [0.25, 0.3) is 0 Å². The quantitative estimate of drug-likeness (QED) is 0.816. The zero-order valence-corrected chi connectivity index (χ0v) is 9.56. The number of aromatic nitrogens is 1. The van der Waals surface area contributed by atoms with Crippen LogP contribution < -0.4 is 11.1 Å². The molecule has 0 unspecified atom stereocenters. The van der Waals surface area contributed by atoms with Gasteiger partial charge in [0.2, 0.25) is 0 Å². The van der Waals surface area contributed by atoms with E-state index >= 15 is 0 Å². The molecule has 15 heavy (non-hydrogen) atoms. The summed E-state index contributed by atoms with van der Waals surface area (Å²) in [6, 6.07) is 5.84. The van der Waals surface area contributed by atoms with Gasteiger partial charge in [-0.3, -0.25) is 0 Å². The van der Waals surface area contributed by atoms with E-state index in [4.69, 9.17) is 5.73 Å². The first-order valence-corrected chi connectivity index (χ1v) is 5.59. The molecule has 0 bridgehead atoms. The van der Waals surface area contributed by atoms with Crippen molar-refractivity contribution in [2.75, 3.05) is 11.1 Å². The van der Waals surface area contributed by atoms with Crippen molar-refractivity contribution in [2.24, 2.45) is 0 Å². The van der Waals surface area contributed by atoms with Crippen LogP contribution >= 0.6 is 11.3 Å². The molecule has 3 N–H and O–H groups in total. The van der Waals surface area contributed by atoms with Crippen LogP contribution in [0.2, 0.25) is 0 Å². The van der Waals surface area contributed by atoms with E-state index < -0.39 is 0 Å². The summed E-state index contributed by atoms with van der Waals surface area (Å²) in [5.41, 5.74) is 8.52. The predicted molar refractivity (Wildman–Crippen MR) is 65.7 cm³/mol. The van der Waals surface area contributed by atoms with E-state index in [1.165, 1.54) is 5.56 Å². The number of hydrogen-bond donors (Lipinski definition) is 2. The highest BCUT2D eigenvalue weighted by atomic mass is 32.1. The average molecular weight is 219 g/mol. The molecular weight excluding hydrogens is 206 g/mol. The van der Waals surface area contributed by atoms with Crippen molar-refractivity contribution in [3.8, 4) is 0 Å². The summed E-state index contributed by atoms with van der Waals surface area (Å²) >= 11 is 1.67. The molecule has 0 atom stereocenters. The molecule has 0 fully saturated rings. The molecule has 2 aromatic heterocycles. The van der Waals surface area contributed by atoms with Gasteiger partial charge in [0.05, 0.1) is 16.4 Å². The second-order valence-corrected chi connectivity index (χ2v) is 4.34. The van der Waals surface area contributed by atoms with Crippen molar-refractivity contribution in [1.29, 1.82) is 0 Å². The minimum absolute atomic E-state index is 0.725. The van der Waals surface area contributed by atoms with Crippen LogP contribution in [0.1, 0.15) is 11.3 Å². The van der Waals surface area contributed by atoms with E-state index in [0.29, 0.717) is 0 Å². The van der Waals surface area contributed by atoms with Gasteiger partial charge in [0, 0.05) is 0 Å². The number of nitrogens with two attached hydrogens (primary N) is 1. The average Bonchev–Trinajstić information content (AvgIpc) is 2.59. The number of aryl methyl sites for hydroxylation is 2. The van der Waals surface area contributed by atoms with Crippen LogP contribution in [0, 0.1) is 13.8 Å². The summed E-state index contributed by atoms with van der Waals surface area (Å²) in [6.45, 7) is 3.98. The monoisotopic (exact) mass is 219 g/mol. The second-order valence-electron chi connectivity index (χ2n) is 3.43. The number of rotatable bonds is 2. The summed E-state index contributed by atoms with van der Waals surface area (Å²) in [6.07, 6.45) is 0. The number of nitrogen functional groups attached to an aromatic ring is 1. The van der Waals surface area contributed by atoms with Crippen LogP contribution in [0.5, 0.6) is 0 Å². The molecule has 0 radical (unpaired) electrons. The van der Waals surface area contributed by atoms with E-state index in [1.54, 1.807) is 11.3 Å². The molecule has 4 heteroatoms. The second kappa shape index (κ2) is 3.90. The summed E-state index contributed by atoms with van der Waals surface area (Å²) in [5.74, 6) is 0.840. The van der Waals surface area contributed by atoms with Crippen molar-refractivity contribution >= 4 is 27.8 Å². The highest BCUT2D eigenvalue weighted by molar-refractivity contribution is 7.14. The Kier molecular flexibility index (Phi) is 2.60. The summed E-state index contributed by atoms with van der Waals surface area (Å²) in [4.78, 5) is 4.36. The molecular formula is C11H13N3S. The number of pyridine rings is 1. The lowest BCUT2D eigenvalue weighted by atomic mass is 10.3.